The zero-order chi connectivity index (χ0) is 16.3. The summed E-state index contributed by atoms with van der Waals surface area (Å²) in [6.45, 7) is 1.31. The van der Waals surface area contributed by atoms with Gasteiger partial charge in [-0.25, -0.2) is 14.5 Å². The number of rotatable bonds is 3. The van der Waals surface area contributed by atoms with Gasteiger partial charge in [0.25, 0.3) is 5.91 Å². The third kappa shape index (κ3) is 2.23. The van der Waals surface area contributed by atoms with E-state index in [4.69, 9.17) is 0 Å². The Morgan fingerprint density at radius 1 is 1.25 bits per heavy atom. The quantitative estimate of drug-likeness (QED) is 0.836. The van der Waals surface area contributed by atoms with Gasteiger partial charge in [-0.2, -0.15) is 5.10 Å². The minimum absolute atomic E-state index is 0.00666. The molecule has 24 heavy (non-hydrogen) atoms. The number of thiazole rings is 1. The lowest BCUT2D eigenvalue weighted by Gasteiger charge is -2.27. The second-order valence-corrected chi connectivity index (χ2v) is 7.83. The standard InChI is InChI=1S/C16H19N5O2S/c22-15(13-8-24-9-17-13)21-11-3-4-12(21)7-19-14(5-11)18-20(16(19)23)6-10-1-2-10/h8-12H,1-7H2. The van der Waals surface area contributed by atoms with Crippen molar-refractivity contribution >= 4 is 17.2 Å². The lowest BCUT2D eigenvalue weighted by molar-refractivity contribution is 0.0659. The number of aromatic nitrogens is 4. The third-order valence-electron chi connectivity index (χ3n) is 5.44. The fourth-order valence-electron chi connectivity index (χ4n) is 4.03. The van der Waals surface area contributed by atoms with Gasteiger partial charge in [0.1, 0.15) is 11.5 Å². The molecule has 2 aromatic rings. The van der Waals surface area contributed by atoms with Crippen molar-refractivity contribution < 1.29 is 4.79 Å². The van der Waals surface area contributed by atoms with Crippen LogP contribution in [0.15, 0.2) is 15.7 Å². The van der Waals surface area contributed by atoms with Crippen molar-refractivity contribution in [2.45, 2.75) is 57.3 Å². The Bertz CT molecular complexity index is 835. The van der Waals surface area contributed by atoms with Crippen LogP contribution in [0.3, 0.4) is 0 Å². The summed E-state index contributed by atoms with van der Waals surface area (Å²) in [6, 6.07) is 0.198. The molecule has 8 heteroatoms. The maximum Gasteiger partial charge on any atom is 0.345 e. The van der Waals surface area contributed by atoms with E-state index in [0.717, 1.165) is 25.2 Å². The van der Waals surface area contributed by atoms with E-state index in [2.05, 4.69) is 10.1 Å². The summed E-state index contributed by atoms with van der Waals surface area (Å²) in [7, 11) is 0. The molecule has 1 saturated carbocycles. The van der Waals surface area contributed by atoms with E-state index < -0.39 is 0 Å². The van der Waals surface area contributed by atoms with Crippen molar-refractivity contribution in [1.29, 1.82) is 0 Å². The van der Waals surface area contributed by atoms with Crippen LogP contribution in [0.2, 0.25) is 0 Å². The molecule has 126 valence electrons. The van der Waals surface area contributed by atoms with Gasteiger partial charge in [0.05, 0.1) is 11.6 Å². The molecule has 0 N–H and O–H groups in total. The lowest BCUT2D eigenvalue weighted by atomic mass is 10.1. The predicted molar refractivity (Wildman–Crippen MR) is 88.0 cm³/mol. The summed E-state index contributed by atoms with van der Waals surface area (Å²) in [4.78, 5) is 31.6. The molecule has 7 nitrogen and oxygen atoms in total. The molecule has 5 rings (SSSR count). The number of hydrogen-bond donors (Lipinski definition) is 0. The van der Waals surface area contributed by atoms with E-state index in [0.29, 0.717) is 24.6 Å². The van der Waals surface area contributed by atoms with Gasteiger partial charge in [-0.1, -0.05) is 0 Å². The molecule has 1 amide bonds. The Kier molecular flexibility index (Phi) is 3.16. The summed E-state index contributed by atoms with van der Waals surface area (Å²) >= 11 is 1.44. The van der Waals surface area contributed by atoms with Crippen LogP contribution >= 0.6 is 11.3 Å². The number of fused-ring (bicyclic) bond motifs is 3. The van der Waals surface area contributed by atoms with E-state index in [9.17, 15) is 9.59 Å². The largest absolute Gasteiger partial charge is 0.345 e. The first-order valence-corrected chi connectivity index (χ1v) is 9.52. The van der Waals surface area contributed by atoms with Crippen LogP contribution in [0.25, 0.3) is 0 Å². The molecule has 2 atom stereocenters. The van der Waals surface area contributed by atoms with E-state index in [-0.39, 0.29) is 23.7 Å². The third-order valence-corrected chi connectivity index (χ3v) is 6.03. The van der Waals surface area contributed by atoms with Crippen LogP contribution in [-0.4, -0.2) is 42.2 Å². The van der Waals surface area contributed by atoms with Crippen LogP contribution in [0.5, 0.6) is 0 Å². The normalized spacial score (nSPS) is 25.6. The molecule has 2 unspecified atom stereocenters. The Balaban J connectivity index is 1.46. The molecule has 4 heterocycles. The number of amides is 1. The van der Waals surface area contributed by atoms with Gasteiger partial charge in [-0.3, -0.25) is 9.36 Å². The van der Waals surface area contributed by atoms with Crippen molar-refractivity contribution in [2.75, 3.05) is 0 Å². The fraction of sp³-hybridized carbons (Fsp3) is 0.625. The average molecular weight is 345 g/mol. The van der Waals surface area contributed by atoms with E-state index >= 15 is 0 Å². The van der Waals surface area contributed by atoms with E-state index in [1.807, 2.05) is 4.90 Å². The Morgan fingerprint density at radius 3 is 2.83 bits per heavy atom. The molecule has 0 aromatic carbocycles. The van der Waals surface area contributed by atoms with Crippen molar-refractivity contribution in [1.82, 2.24) is 24.2 Å². The fourth-order valence-corrected chi connectivity index (χ4v) is 4.55. The minimum Gasteiger partial charge on any atom is -0.329 e. The highest BCUT2D eigenvalue weighted by Crippen LogP contribution is 2.33. The molecular weight excluding hydrogens is 326 g/mol. The van der Waals surface area contributed by atoms with Crippen molar-refractivity contribution in [3.05, 3.63) is 32.9 Å². The molecule has 2 fully saturated rings. The molecule has 0 spiro atoms. The summed E-state index contributed by atoms with van der Waals surface area (Å²) in [5.41, 5.74) is 2.20. The highest BCUT2D eigenvalue weighted by Gasteiger charge is 2.42. The van der Waals surface area contributed by atoms with Crippen molar-refractivity contribution in [3.8, 4) is 0 Å². The Labute approximate surface area is 142 Å². The van der Waals surface area contributed by atoms with Crippen LogP contribution in [0.1, 0.15) is 42.0 Å². The minimum atomic E-state index is -0.00879. The monoisotopic (exact) mass is 345 g/mol. The van der Waals surface area contributed by atoms with E-state index in [1.54, 1.807) is 20.1 Å². The molecular formula is C16H19N5O2S. The van der Waals surface area contributed by atoms with Gasteiger partial charge >= 0.3 is 5.69 Å². The first-order chi connectivity index (χ1) is 11.7. The van der Waals surface area contributed by atoms with Gasteiger partial charge in [0.2, 0.25) is 0 Å². The first kappa shape index (κ1) is 14.4. The Morgan fingerprint density at radius 2 is 2.08 bits per heavy atom. The second-order valence-electron chi connectivity index (χ2n) is 7.11. The number of hydrogen-bond acceptors (Lipinski definition) is 5. The summed E-state index contributed by atoms with van der Waals surface area (Å²) in [5.74, 6) is 1.46. The zero-order valence-corrected chi connectivity index (χ0v) is 14.1. The van der Waals surface area contributed by atoms with Crippen LogP contribution in [-0.2, 0) is 19.5 Å². The number of nitrogens with zero attached hydrogens (tertiary/aromatic N) is 5. The van der Waals surface area contributed by atoms with Crippen LogP contribution in [0, 0.1) is 5.92 Å². The average Bonchev–Trinajstić information content (AvgIpc) is 2.99. The van der Waals surface area contributed by atoms with Crippen molar-refractivity contribution in [2.24, 2.45) is 5.92 Å². The summed E-state index contributed by atoms with van der Waals surface area (Å²) in [5, 5.41) is 6.38. The molecule has 2 aromatic heterocycles. The highest BCUT2D eigenvalue weighted by molar-refractivity contribution is 7.07. The highest BCUT2D eigenvalue weighted by atomic mass is 32.1. The molecule has 3 aliphatic rings. The lowest BCUT2D eigenvalue weighted by Crippen LogP contribution is -2.43. The second kappa shape index (κ2) is 5.27. The SMILES string of the molecule is O=C(c1cscn1)N1C2CCC1Cn1c(nn(CC3CC3)c1=O)C2. The van der Waals surface area contributed by atoms with Gasteiger partial charge in [0, 0.05) is 30.9 Å². The van der Waals surface area contributed by atoms with Crippen molar-refractivity contribution in [3.63, 3.8) is 0 Å². The van der Waals surface area contributed by atoms with Crippen LogP contribution < -0.4 is 5.69 Å². The Hall–Kier alpha value is -1.96. The van der Waals surface area contributed by atoms with Gasteiger partial charge in [-0.15, -0.1) is 11.3 Å². The maximum atomic E-state index is 12.8. The summed E-state index contributed by atoms with van der Waals surface area (Å²) < 4.78 is 3.44. The molecule has 1 aliphatic carbocycles. The topological polar surface area (TPSA) is 73.0 Å². The molecule has 0 radical (unpaired) electrons. The smallest absolute Gasteiger partial charge is 0.329 e. The van der Waals surface area contributed by atoms with E-state index in [1.165, 1.54) is 24.2 Å². The number of carbonyl (C=O) groups excluding carboxylic acids is 1. The molecule has 2 bridgehead atoms. The van der Waals surface area contributed by atoms with Gasteiger partial charge in [0.15, 0.2) is 0 Å². The van der Waals surface area contributed by atoms with Crippen LogP contribution in [0.4, 0.5) is 0 Å². The maximum absolute atomic E-state index is 12.8. The molecule has 1 saturated heterocycles. The zero-order valence-electron chi connectivity index (χ0n) is 13.3. The summed E-state index contributed by atoms with van der Waals surface area (Å²) in [6.07, 6.45) is 5.00. The predicted octanol–water partition coefficient (Wildman–Crippen LogP) is 1.14. The van der Waals surface area contributed by atoms with Gasteiger partial charge < -0.3 is 4.90 Å². The van der Waals surface area contributed by atoms with Gasteiger partial charge in [-0.05, 0) is 31.6 Å². The molecule has 2 aliphatic heterocycles. The first-order valence-electron chi connectivity index (χ1n) is 8.58. The number of carbonyl (C=O) groups is 1.